The van der Waals surface area contributed by atoms with Gasteiger partial charge in [-0.25, -0.2) is 0 Å². The fourth-order valence-corrected chi connectivity index (χ4v) is 0.562. The molecule has 0 aliphatic carbocycles. The van der Waals surface area contributed by atoms with Crippen LogP contribution in [0.5, 0.6) is 0 Å². The molecule has 0 aliphatic heterocycles. The second-order valence-corrected chi connectivity index (χ2v) is 3.21. The van der Waals surface area contributed by atoms with Gasteiger partial charge in [-0.2, -0.15) is 30.7 Å². The Kier molecular flexibility index (Phi) is 2.87. The SMILES string of the molecule is CC(C)(O)C(F)(F)C(F)(F)C(F)(F)F. The van der Waals surface area contributed by atoms with E-state index in [-0.39, 0.29) is 13.8 Å². The lowest BCUT2D eigenvalue weighted by molar-refractivity contribution is -0.383. The predicted molar refractivity (Wildman–Crippen MR) is 32.2 cm³/mol. The minimum absolute atomic E-state index is 0.173. The van der Waals surface area contributed by atoms with E-state index >= 15 is 0 Å². The van der Waals surface area contributed by atoms with Gasteiger partial charge in [-0.15, -0.1) is 0 Å². The van der Waals surface area contributed by atoms with Gasteiger partial charge in [-0.1, -0.05) is 0 Å². The lowest BCUT2D eigenvalue weighted by Crippen LogP contribution is -2.61. The summed E-state index contributed by atoms with van der Waals surface area (Å²) in [5.74, 6) is -11.9. The molecule has 1 N–H and O–H groups in total. The Balaban J connectivity index is 5.30. The highest BCUT2D eigenvalue weighted by Gasteiger charge is 2.77. The summed E-state index contributed by atoms with van der Waals surface area (Å²) in [5.41, 5.74) is -3.47. The predicted octanol–water partition coefficient (Wildman–Crippen LogP) is 2.59. The summed E-state index contributed by atoms with van der Waals surface area (Å²) in [6, 6.07) is 0. The van der Waals surface area contributed by atoms with Crippen LogP contribution in [0.25, 0.3) is 0 Å². The molecule has 0 radical (unpaired) electrons. The summed E-state index contributed by atoms with van der Waals surface area (Å²) in [4.78, 5) is 0. The van der Waals surface area contributed by atoms with Gasteiger partial charge in [0.15, 0.2) is 0 Å². The first-order chi connectivity index (χ1) is 5.75. The average Bonchev–Trinajstić information content (AvgIpc) is 1.81. The standard InChI is InChI=1S/C6H7F7O/c1-3(2,14)4(7,8)5(9,10)6(11,12)13/h14H,1-2H3. The van der Waals surface area contributed by atoms with Crippen LogP contribution in [-0.4, -0.2) is 28.7 Å². The van der Waals surface area contributed by atoms with Crippen LogP contribution in [0, 0.1) is 0 Å². The van der Waals surface area contributed by atoms with Crippen LogP contribution in [-0.2, 0) is 0 Å². The fourth-order valence-electron chi connectivity index (χ4n) is 0.562. The van der Waals surface area contributed by atoms with E-state index in [0.29, 0.717) is 0 Å². The number of hydrogen-bond acceptors (Lipinski definition) is 1. The Morgan fingerprint density at radius 3 is 1.07 bits per heavy atom. The molecule has 0 atom stereocenters. The molecule has 0 unspecified atom stereocenters. The van der Waals surface area contributed by atoms with Crippen LogP contribution in [0.4, 0.5) is 30.7 Å². The van der Waals surface area contributed by atoms with E-state index in [1.54, 1.807) is 0 Å². The van der Waals surface area contributed by atoms with Crippen molar-refractivity contribution in [2.75, 3.05) is 0 Å². The summed E-state index contributed by atoms with van der Waals surface area (Å²) in [5, 5.41) is 8.51. The lowest BCUT2D eigenvalue weighted by atomic mass is 9.94. The molecule has 0 heterocycles. The van der Waals surface area contributed by atoms with Crippen LogP contribution >= 0.6 is 0 Å². The summed E-state index contributed by atoms with van der Waals surface area (Å²) < 4.78 is 83.9. The third-order valence-corrected chi connectivity index (χ3v) is 1.52. The summed E-state index contributed by atoms with van der Waals surface area (Å²) in [6.07, 6.45) is -6.41. The molecule has 0 aromatic rings. The van der Waals surface area contributed by atoms with Crippen LogP contribution in [0.3, 0.4) is 0 Å². The molecule has 1 nitrogen and oxygen atoms in total. The Hall–Kier alpha value is -0.530. The van der Waals surface area contributed by atoms with Gasteiger partial charge in [-0.3, -0.25) is 0 Å². The maximum absolute atomic E-state index is 12.5. The molecule has 0 spiro atoms. The van der Waals surface area contributed by atoms with Crippen molar-refractivity contribution < 1.29 is 35.8 Å². The van der Waals surface area contributed by atoms with Crippen molar-refractivity contribution in [2.45, 2.75) is 37.5 Å². The molecule has 14 heavy (non-hydrogen) atoms. The molecule has 0 amide bonds. The molecular weight excluding hydrogens is 221 g/mol. The summed E-state index contributed by atoms with van der Waals surface area (Å²) in [6.45, 7) is 0.347. The summed E-state index contributed by atoms with van der Waals surface area (Å²) in [7, 11) is 0. The second-order valence-electron chi connectivity index (χ2n) is 3.21. The minimum atomic E-state index is -6.41. The van der Waals surface area contributed by atoms with Crippen molar-refractivity contribution in [1.82, 2.24) is 0 Å². The van der Waals surface area contributed by atoms with E-state index in [4.69, 9.17) is 5.11 Å². The molecular formula is C6H7F7O. The van der Waals surface area contributed by atoms with Crippen molar-refractivity contribution in [2.24, 2.45) is 0 Å². The van der Waals surface area contributed by atoms with Crippen molar-refractivity contribution in [3.05, 3.63) is 0 Å². The zero-order valence-corrected chi connectivity index (χ0v) is 7.09. The first-order valence-corrected chi connectivity index (χ1v) is 3.30. The molecule has 0 rings (SSSR count). The molecule has 0 aliphatic rings. The molecule has 0 aromatic heterocycles. The normalized spacial score (nSPS) is 15.9. The van der Waals surface area contributed by atoms with E-state index in [2.05, 4.69) is 0 Å². The Labute approximate surface area is 74.5 Å². The van der Waals surface area contributed by atoms with Crippen molar-refractivity contribution in [1.29, 1.82) is 0 Å². The van der Waals surface area contributed by atoms with Crippen molar-refractivity contribution >= 4 is 0 Å². The highest BCUT2D eigenvalue weighted by atomic mass is 19.4. The highest BCUT2D eigenvalue weighted by molar-refractivity contribution is 5.00. The fraction of sp³-hybridized carbons (Fsp3) is 1.00. The van der Waals surface area contributed by atoms with Gasteiger partial charge in [0.05, 0.1) is 0 Å². The van der Waals surface area contributed by atoms with Gasteiger partial charge in [-0.05, 0) is 13.8 Å². The maximum Gasteiger partial charge on any atom is 0.459 e. The first kappa shape index (κ1) is 13.5. The molecule has 86 valence electrons. The molecule has 0 saturated heterocycles. The Bertz CT molecular complexity index is 187. The largest absolute Gasteiger partial charge is 0.459 e. The molecule has 0 aromatic carbocycles. The monoisotopic (exact) mass is 228 g/mol. The van der Waals surface area contributed by atoms with Gasteiger partial charge in [0.25, 0.3) is 0 Å². The smallest absolute Gasteiger partial charge is 0.384 e. The molecule has 0 saturated carbocycles. The Morgan fingerprint density at radius 1 is 0.714 bits per heavy atom. The van der Waals surface area contributed by atoms with Gasteiger partial charge in [0.1, 0.15) is 5.60 Å². The zero-order chi connectivity index (χ0) is 12.0. The zero-order valence-electron chi connectivity index (χ0n) is 7.09. The lowest BCUT2D eigenvalue weighted by Gasteiger charge is -2.35. The quantitative estimate of drug-likeness (QED) is 0.720. The van der Waals surface area contributed by atoms with E-state index in [0.717, 1.165) is 0 Å². The van der Waals surface area contributed by atoms with Gasteiger partial charge in [0, 0.05) is 0 Å². The van der Waals surface area contributed by atoms with Crippen molar-refractivity contribution in [3.63, 3.8) is 0 Å². The van der Waals surface area contributed by atoms with Crippen LogP contribution in [0.2, 0.25) is 0 Å². The maximum atomic E-state index is 12.5. The van der Waals surface area contributed by atoms with E-state index < -0.39 is 23.6 Å². The van der Waals surface area contributed by atoms with E-state index in [1.807, 2.05) is 0 Å². The van der Waals surface area contributed by atoms with E-state index in [1.165, 1.54) is 0 Å². The van der Waals surface area contributed by atoms with Gasteiger partial charge < -0.3 is 5.11 Å². The van der Waals surface area contributed by atoms with Crippen molar-refractivity contribution in [3.8, 4) is 0 Å². The number of rotatable bonds is 2. The van der Waals surface area contributed by atoms with Gasteiger partial charge in [0.2, 0.25) is 0 Å². The minimum Gasteiger partial charge on any atom is -0.384 e. The molecule has 0 fully saturated rings. The van der Waals surface area contributed by atoms with Crippen LogP contribution in [0.1, 0.15) is 13.8 Å². The van der Waals surface area contributed by atoms with E-state index in [9.17, 15) is 30.7 Å². The number of alkyl halides is 7. The molecule has 0 bridgehead atoms. The van der Waals surface area contributed by atoms with Gasteiger partial charge >= 0.3 is 18.0 Å². The number of aliphatic hydroxyl groups is 1. The molecule has 8 heteroatoms. The Morgan fingerprint density at radius 2 is 1.00 bits per heavy atom. The number of hydrogen-bond donors (Lipinski definition) is 1. The van der Waals surface area contributed by atoms with Crippen LogP contribution in [0.15, 0.2) is 0 Å². The van der Waals surface area contributed by atoms with Crippen LogP contribution < -0.4 is 0 Å². The third-order valence-electron chi connectivity index (χ3n) is 1.52. The summed E-state index contributed by atoms with van der Waals surface area (Å²) >= 11 is 0. The second kappa shape index (κ2) is 2.98. The topological polar surface area (TPSA) is 20.2 Å². The number of halogens is 7. The third kappa shape index (κ3) is 1.79. The first-order valence-electron chi connectivity index (χ1n) is 3.30. The highest BCUT2D eigenvalue weighted by Crippen LogP contribution is 2.50. The average molecular weight is 228 g/mol.